The first-order chi connectivity index (χ1) is 13.5. The van der Waals surface area contributed by atoms with Crippen LogP contribution in [0.5, 0.6) is 0 Å². The number of halogens is 1. The molecule has 4 aromatic rings. The van der Waals surface area contributed by atoms with Gasteiger partial charge in [0.25, 0.3) is 11.8 Å². The highest BCUT2D eigenvalue weighted by Gasteiger charge is 2.15. The van der Waals surface area contributed by atoms with E-state index in [1.54, 1.807) is 35.8 Å². The molecule has 0 atom stereocenters. The van der Waals surface area contributed by atoms with Crippen molar-refractivity contribution in [3.05, 3.63) is 64.5 Å². The molecule has 28 heavy (non-hydrogen) atoms. The Labute approximate surface area is 167 Å². The van der Waals surface area contributed by atoms with Crippen LogP contribution in [0.1, 0.15) is 21.0 Å². The van der Waals surface area contributed by atoms with Gasteiger partial charge in [-0.25, -0.2) is 9.67 Å². The fourth-order valence-electron chi connectivity index (χ4n) is 2.43. The molecule has 0 unspecified atom stereocenters. The van der Waals surface area contributed by atoms with E-state index in [1.807, 2.05) is 6.07 Å². The molecule has 0 aliphatic heterocycles. The number of amides is 2. The van der Waals surface area contributed by atoms with Crippen LogP contribution in [-0.4, -0.2) is 36.8 Å². The average molecular weight is 414 g/mol. The van der Waals surface area contributed by atoms with E-state index in [-0.39, 0.29) is 11.4 Å². The third-order valence-corrected chi connectivity index (χ3v) is 4.87. The van der Waals surface area contributed by atoms with E-state index in [0.717, 1.165) is 0 Å². The summed E-state index contributed by atoms with van der Waals surface area (Å²) in [4.78, 5) is 30.7. The molecule has 0 bridgehead atoms. The maximum absolute atomic E-state index is 12.4. The standard InChI is InChI=1S/C17H12ClN7O2S/c18-10-3-1-2-4-14(10)25-7-12(23-24-25)16(27)22-17-21-13(8-28-17)9-5-11(15(19)26)20-6-9/h1-8,20H,(H2,19,26)(H,21,22,27). The number of anilines is 1. The lowest BCUT2D eigenvalue weighted by molar-refractivity contribution is 0.0993. The molecular formula is C17H12ClN7O2S. The lowest BCUT2D eigenvalue weighted by Crippen LogP contribution is -2.12. The summed E-state index contributed by atoms with van der Waals surface area (Å²) in [5.41, 5.74) is 7.53. The van der Waals surface area contributed by atoms with E-state index in [0.29, 0.717) is 27.1 Å². The van der Waals surface area contributed by atoms with Crippen molar-refractivity contribution in [3.8, 4) is 16.9 Å². The number of thiazole rings is 1. The van der Waals surface area contributed by atoms with Crippen molar-refractivity contribution in [2.45, 2.75) is 0 Å². The number of nitrogens with two attached hydrogens (primary N) is 1. The molecule has 1 aromatic carbocycles. The molecule has 4 rings (SSSR count). The number of aromatic nitrogens is 5. The van der Waals surface area contributed by atoms with E-state index in [9.17, 15) is 9.59 Å². The number of H-pyrrole nitrogens is 1. The summed E-state index contributed by atoms with van der Waals surface area (Å²) in [5, 5.41) is 13.1. The van der Waals surface area contributed by atoms with Crippen LogP contribution >= 0.6 is 22.9 Å². The Morgan fingerprint density at radius 1 is 1.29 bits per heavy atom. The Morgan fingerprint density at radius 2 is 2.11 bits per heavy atom. The largest absolute Gasteiger partial charge is 0.364 e. The number of benzene rings is 1. The fraction of sp³-hybridized carbons (Fsp3) is 0. The topological polar surface area (TPSA) is 132 Å². The first-order valence-electron chi connectivity index (χ1n) is 7.94. The molecule has 0 spiro atoms. The second-order valence-corrected chi connectivity index (χ2v) is 6.92. The summed E-state index contributed by atoms with van der Waals surface area (Å²) in [7, 11) is 0. The normalized spacial score (nSPS) is 10.8. The lowest BCUT2D eigenvalue weighted by Gasteiger charge is -2.01. The number of nitrogens with zero attached hydrogens (tertiary/aromatic N) is 4. The molecule has 0 aliphatic rings. The zero-order valence-corrected chi connectivity index (χ0v) is 15.7. The molecule has 0 radical (unpaired) electrons. The summed E-state index contributed by atoms with van der Waals surface area (Å²) in [6.07, 6.45) is 3.10. The number of nitrogens with one attached hydrogen (secondary N) is 2. The molecule has 4 N–H and O–H groups in total. The summed E-state index contributed by atoms with van der Waals surface area (Å²) in [6.45, 7) is 0. The van der Waals surface area contributed by atoms with Gasteiger partial charge in [-0.3, -0.25) is 14.9 Å². The molecular weight excluding hydrogens is 402 g/mol. The number of primary amides is 1. The van der Waals surface area contributed by atoms with Gasteiger partial charge in [0.1, 0.15) is 5.69 Å². The quantitative estimate of drug-likeness (QED) is 0.462. The van der Waals surface area contributed by atoms with Crippen LogP contribution in [0.4, 0.5) is 5.13 Å². The van der Waals surface area contributed by atoms with Crippen molar-refractivity contribution in [3.63, 3.8) is 0 Å². The van der Waals surface area contributed by atoms with Crippen molar-refractivity contribution in [2.24, 2.45) is 5.73 Å². The molecule has 140 valence electrons. The number of hydrogen-bond acceptors (Lipinski definition) is 6. The van der Waals surface area contributed by atoms with Crippen LogP contribution in [0.3, 0.4) is 0 Å². The molecule has 11 heteroatoms. The van der Waals surface area contributed by atoms with Crippen molar-refractivity contribution < 1.29 is 9.59 Å². The van der Waals surface area contributed by atoms with Gasteiger partial charge in [-0.2, -0.15) is 0 Å². The molecule has 3 aromatic heterocycles. The summed E-state index contributed by atoms with van der Waals surface area (Å²) in [6, 6.07) is 8.69. The summed E-state index contributed by atoms with van der Waals surface area (Å²) in [5.74, 6) is -1.01. The zero-order valence-electron chi connectivity index (χ0n) is 14.1. The van der Waals surface area contributed by atoms with Crippen molar-refractivity contribution >= 4 is 39.9 Å². The van der Waals surface area contributed by atoms with Gasteiger partial charge in [0.05, 0.1) is 22.6 Å². The van der Waals surface area contributed by atoms with Gasteiger partial charge >= 0.3 is 0 Å². The minimum atomic E-state index is -0.559. The predicted molar refractivity (Wildman–Crippen MR) is 105 cm³/mol. The van der Waals surface area contributed by atoms with Crippen LogP contribution in [0.25, 0.3) is 16.9 Å². The number of rotatable bonds is 5. The number of aromatic amines is 1. The third-order valence-electron chi connectivity index (χ3n) is 3.79. The monoisotopic (exact) mass is 413 g/mol. The molecule has 9 nitrogen and oxygen atoms in total. The number of hydrogen-bond donors (Lipinski definition) is 3. The highest BCUT2D eigenvalue weighted by Crippen LogP contribution is 2.26. The zero-order chi connectivity index (χ0) is 19.7. The first kappa shape index (κ1) is 17.9. The van der Waals surface area contributed by atoms with Gasteiger partial charge in [0.15, 0.2) is 10.8 Å². The Morgan fingerprint density at radius 3 is 2.86 bits per heavy atom. The number of carbonyl (C=O) groups excluding carboxylic acids is 2. The molecule has 3 heterocycles. The molecule has 0 saturated heterocycles. The van der Waals surface area contributed by atoms with Crippen LogP contribution in [0, 0.1) is 0 Å². The SMILES string of the molecule is NC(=O)c1cc(-c2csc(NC(=O)c3cn(-c4ccccc4Cl)nn3)n2)c[nH]1. The van der Waals surface area contributed by atoms with E-state index in [1.165, 1.54) is 22.2 Å². The average Bonchev–Trinajstić information content (AvgIpc) is 3.42. The molecule has 0 aliphatic carbocycles. The van der Waals surface area contributed by atoms with Gasteiger partial charge in [-0.05, 0) is 18.2 Å². The second-order valence-electron chi connectivity index (χ2n) is 5.66. The highest BCUT2D eigenvalue weighted by atomic mass is 35.5. The fourth-order valence-corrected chi connectivity index (χ4v) is 3.37. The molecule has 2 amide bonds. The Kier molecular flexibility index (Phi) is 4.63. The number of para-hydroxylation sites is 1. The Balaban J connectivity index is 1.49. The van der Waals surface area contributed by atoms with Crippen molar-refractivity contribution in [1.82, 2.24) is 25.0 Å². The Bertz CT molecular complexity index is 1180. The summed E-state index contributed by atoms with van der Waals surface area (Å²) < 4.78 is 1.43. The van der Waals surface area contributed by atoms with E-state index in [4.69, 9.17) is 17.3 Å². The van der Waals surface area contributed by atoms with E-state index >= 15 is 0 Å². The number of carbonyl (C=O) groups is 2. The van der Waals surface area contributed by atoms with Crippen LogP contribution in [0.2, 0.25) is 5.02 Å². The van der Waals surface area contributed by atoms with Crippen molar-refractivity contribution in [1.29, 1.82) is 0 Å². The highest BCUT2D eigenvalue weighted by molar-refractivity contribution is 7.14. The minimum Gasteiger partial charge on any atom is -0.364 e. The Hall–Kier alpha value is -3.50. The smallest absolute Gasteiger partial charge is 0.279 e. The van der Waals surface area contributed by atoms with Gasteiger partial charge < -0.3 is 10.7 Å². The molecule has 0 saturated carbocycles. The van der Waals surface area contributed by atoms with Crippen LogP contribution < -0.4 is 11.1 Å². The maximum atomic E-state index is 12.4. The summed E-state index contributed by atoms with van der Waals surface area (Å²) >= 11 is 7.37. The second kappa shape index (κ2) is 7.25. The third kappa shape index (κ3) is 3.50. The van der Waals surface area contributed by atoms with Crippen molar-refractivity contribution in [2.75, 3.05) is 5.32 Å². The maximum Gasteiger partial charge on any atom is 0.279 e. The van der Waals surface area contributed by atoms with Crippen LogP contribution in [-0.2, 0) is 0 Å². The van der Waals surface area contributed by atoms with E-state index < -0.39 is 11.8 Å². The minimum absolute atomic E-state index is 0.120. The van der Waals surface area contributed by atoms with Crippen LogP contribution in [0.15, 0.2) is 48.1 Å². The van der Waals surface area contributed by atoms with Gasteiger partial charge in [-0.15, -0.1) is 16.4 Å². The lowest BCUT2D eigenvalue weighted by atomic mass is 10.2. The van der Waals surface area contributed by atoms with Gasteiger partial charge in [0.2, 0.25) is 0 Å². The van der Waals surface area contributed by atoms with Gasteiger partial charge in [-0.1, -0.05) is 28.9 Å². The van der Waals surface area contributed by atoms with E-state index in [2.05, 4.69) is 25.6 Å². The molecule has 0 fully saturated rings. The predicted octanol–water partition coefficient (Wildman–Crippen LogP) is 2.72. The van der Waals surface area contributed by atoms with Gasteiger partial charge in [0, 0.05) is 17.1 Å². The first-order valence-corrected chi connectivity index (χ1v) is 9.20.